The van der Waals surface area contributed by atoms with Crippen LogP contribution in [0.1, 0.15) is 162 Å². The molecular formula is C39H57N7S. The minimum absolute atomic E-state index is 0.120. The fraction of sp³-hybridized carbons (Fsp3) is 0.692. The molecule has 4 aliphatic rings. The van der Waals surface area contributed by atoms with E-state index in [0.29, 0.717) is 46.1 Å². The highest BCUT2D eigenvalue weighted by Crippen LogP contribution is 2.46. The molecule has 4 heterocycles. The number of nitrogens with zero attached hydrogens (tertiary/aromatic N) is 5. The van der Waals surface area contributed by atoms with Gasteiger partial charge in [0.15, 0.2) is 5.82 Å². The third kappa shape index (κ3) is 6.82. The Kier molecular flexibility index (Phi) is 10.9. The van der Waals surface area contributed by atoms with Crippen molar-refractivity contribution < 1.29 is 0 Å². The van der Waals surface area contributed by atoms with Gasteiger partial charge in [-0.2, -0.15) is 5.26 Å². The van der Waals surface area contributed by atoms with Crippen LogP contribution in [-0.4, -0.2) is 57.2 Å². The van der Waals surface area contributed by atoms with Crippen molar-refractivity contribution in [2.45, 2.75) is 161 Å². The Morgan fingerprint density at radius 2 is 1.89 bits per heavy atom. The minimum Gasteiger partial charge on any atom is -0.389 e. The summed E-state index contributed by atoms with van der Waals surface area (Å²) < 4.78 is 0. The van der Waals surface area contributed by atoms with Crippen molar-refractivity contribution in [2.75, 3.05) is 19.3 Å². The average Bonchev–Trinajstić information content (AvgIpc) is 3.55. The van der Waals surface area contributed by atoms with Crippen LogP contribution in [0.2, 0.25) is 0 Å². The van der Waals surface area contributed by atoms with Gasteiger partial charge in [-0.1, -0.05) is 45.1 Å². The Morgan fingerprint density at radius 1 is 1.09 bits per heavy atom. The number of nitrogen functional groups attached to an aromatic ring is 1. The molecule has 2 aromatic heterocycles. The largest absolute Gasteiger partial charge is 0.389 e. The monoisotopic (exact) mass is 655 g/mol. The van der Waals surface area contributed by atoms with Crippen molar-refractivity contribution in [3.05, 3.63) is 49.9 Å². The van der Waals surface area contributed by atoms with E-state index in [-0.39, 0.29) is 5.92 Å². The van der Waals surface area contributed by atoms with E-state index in [9.17, 15) is 10.7 Å². The lowest BCUT2D eigenvalue weighted by atomic mass is 9.78. The number of nitriles is 1. The zero-order valence-electron chi connectivity index (χ0n) is 29.6. The van der Waals surface area contributed by atoms with E-state index in [4.69, 9.17) is 15.7 Å². The summed E-state index contributed by atoms with van der Waals surface area (Å²) in [5, 5.41) is 20.4. The lowest BCUT2D eigenvalue weighted by Gasteiger charge is -2.43. The molecule has 2 unspecified atom stereocenters. The average molecular weight is 656 g/mol. The number of fused-ring (bicyclic) bond motifs is 2. The normalized spacial score (nSPS) is 25.5. The van der Waals surface area contributed by atoms with Gasteiger partial charge in [0.25, 0.3) is 0 Å². The summed E-state index contributed by atoms with van der Waals surface area (Å²) >= 11 is 1.59. The number of nitrogens with one attached hydrogen (secondary N) is 1. The maximum absolute atomic E-state index is 10.0. The molecule has 2 aromatic rings. The second kappa shape index (κ2) is 14.9. The van der Waals surface area contributed by atoms with Crippen LogP contribution in [0.3, 0.4) is 0 Å². The molecule has 8 heteroatoms. The van der Waals surface area contributed by atoms with Gasteiger partial charge in [-0.25, -0.2) is 9.97 Å². The molecular weight excluding hydrogens is 599 g/mol. The number of aromatic nitrogens is 2. The van der Waals surface area contributed by atoms with Gasteiger partial charge in [-0.15, -0.1) is 11.3 Å². The minimum atomic E-state index is 0.120. The topological polar surface area (TPSA) is 106 Å². The molecule has 2 aliphatic heterocycles. The summed E-state index contributed by atoms with van der Waals surface area (Å²) in [6, 6.07) is 4.35. The first-order valence-electron chi connectivity index (χ1n) is 18.7. The number of nitrogens with two attached hydrogens (primary N) is 1. The molecule has 4 atom stereocenters. The predicted octanol–water partition coefficient (Wildman–Crippen LogP) is 8.65. The Balaban J connectivity index is 1.41. The van der Waals surface area contributed by atoms with E-state index < -0.39 is 0 Å². The van der Waals surface area contributed by atoms with Gasteiger partial charge < -0.3 is 10.6 Å². The second-order valence-corrected chi connectivity index (χ2v) is 16.2. The Hall–Kier alpha value is -2.60. The molecule has 0 aromatic carbocycles. The molecule has 2 fully saturated rings. The molecule has 47 heavy (non-hydrogen) atoms. The highest BCUT2D eigenvalue weighted by molar-refractivity contribution is 7.16. The van der Waals surface area contributed by atoms with Crippen molar-refractivity contribution in [1.29, 1.82) is 10.7 Å². The Bertz CT molecular complexity index is 1530. The number of likely N-dealkylation sites (tertiary alicyclic amines) is 1. The first-order valence-corrected chi connectivity index (χ1v) is 19.5. The number of hydrogen-bond acceptors (Lipinski definition) is 8. The van der Waals surface area contributed by atoms with E-state index in [1.807, 2.05) is 0 Å². The Morgan fingerprint density at radius 3 is 2.55 bits per heavy atom. The predicted molar refractivity (Wildman–Crippen MR) is 194 cm³/mol. The molecule has 1 saturated heterocycles. The van der Waals surface area contributed by atoms with Crippen molar-refractivity contribution in [2.24, 2.45) is 0 Å². The smallest absolute Gasteiger partial charge is 0.178 e. The molecule has 0 radical (unpaired) electrons. The number of hydrogen-bond donors (Lipinski definition) is 2. The van der Waals surface area contributed by atoms with Gasteiger partial charge in [-0.05, 0) is 103 Å². The molecule has 254 valence electrons. The van der Waals surface area contributed by atoms with Crippen LogP contribution < -0.4 is 5.73 Å². The second-order valence-electron chi connectivity index (χ2n) is 15.0. The molecule has 0 bridgehead atoms. The first kappa shape index (κ1) is 34.3. The SMILES string of the molecule is CCCC[C@H]1CN(C2CCC2)Cc2c(CCC3CC[C@H](C)N3C)nc(C(=N)/C(CCC)=C(\C)C3CCCc4sc(N)c(C#N)c43)nc21. The standard InChI is InChI=1S/C39H57N7S/c1-6-8-12-26-22-46(28-13-9-14-28)23-32-33(20-19-27-18-17-24(3)45(27)5)43-39(44-37(26)32)36(41)30(11-7-2)25(4)29-15-10-16-34-35(29)31(21-40)38(42)47-34/h24,26-29,41H,6-20,22-23,42H2,1-5H3/b30-25+,41-36?/t24-,26-,27?,29?/m0/s1. The summed E-state index contributed by atoms with van der Waals surface area (Å²) in [6.45, 7) is 11.1. The van der Waals surface area contributed by atoms with Gasteiger partial charge in [0.1, 0.15) is 16.8 Å². The maximum atomic E-state index is 10.0. The van der Waals surface area contributed by atoms with Crippen LogP contribution in [0.4, 0.5) is 5.00 Å². The highest BCUT2D eigenvalue weighted by Gasteiger charge is 2.37. The van der Waals surface area contributed by atoms with Gasteiger partial charge in [-0.3, -0.25) is 10.3 Å². The molecule has 0 amide bonds. The van der Waals surface area contributed by atoms with Crippen LogP contribution in [0.5, 0.6) is 0 Å². The van der Waals surface area contributed by atoms with Crippen molar-refractivity contribution in [3.8, 4) is 6.07 Å². The quantitative estimate of drug-likeness (QED) is 0.222. The number of anilines is 1. The van der Waals surface area contributed by atoms with Crippen molar-refractivity contribution in [3.63, 3.8) is 0 Å². The summed E-state index contributed by atoms with van der Waals surface area (Å²) in [6.07, 6.45) is 16.9. The number of allylic oxidation sites excluding steroid dienone is 2. The van der Waals surface area contributed by atoms with Crippen LogP contribution in [0, 0.1) is 16.7 Å². The van der Waals surface area contributed by atoms with Crippen LogP contribution in [-0.2, 0) is 19.4 Å². The van der Waals surface area contributed by atoms with Crippen molar-refractivity contribution in [1.82, 2.24) is 19.8 Å². The highest BCUT2D eigenvalue weighted by atomic mass is 32.1. The van der Waals surface area contributed by atoms with E-state index >= 15 is 0 Å². The van der Waals surface area contributed by atoms with Crippen LogP contribution >= 0.6 is 11.3 Å². The summed E-state index contributed by atoms with van der Waals surface area (Å²) in [4.78, 5) is 17.3. The van der Waals surface area contributed by atoms with Gasteiger partial charge in [0, 0.05) is 59.2 Å². The maximum Gasteiger partial charge on any atom is 0.178 e. The summed E-state index contributed by atoms with van der Waals surface area (Å²) in [5.41, 5.74) is 14.7. The third-order valence-electron chi connectivity index (χ3n) is 12.2. The lowest BCUT2D eigenvalue weighted by Crippen LogP contribution is -2.45. The number of thiophene rings is 1. The fourth-order valence-corrected chi connectivity index (χ4v) is 10.0. The first-order chi connectivity index (χ1) is 22.7. The van der Waals surface area contributed by atoms with Crippen LogP contribution in [0.25, 0.3) is 0 Å². The molecule has 3 N–H and O–H groups in total. The van der Waals surface area contributed by atoms with E-state index in [1.165, 1.54) is 72.3 Å². The van der Waals surface area contributed by atoms with E-state index in [0.717, 1.165) is 75.6 Å². The molecule has 0 spiro atoms. The lowest BCUT2D eigenvalue weighted by molar-refractivity contribution is 0.0977. The van der Waals surface area contributed by atoms with Crippen molar-refractivity contribution >= 4 is 22.0 Å². The van der Waals surface area contributed by atoms with Gasteiger partial charge in [0.2, 0.25) is 0 Å². The molecule has 6 rings (SSSR count). The van der Waals surface area contributed by atoms with Gasteiger partial charge >= 0.3 is 0 Å². The van der Waals surface area contributed by atoms with Gasteiger partial charge in [0.05, 0.1) is 11.3 Å². The zero-order valence-corrected chi connectivity index (χ0v) is 30.4. The Labute approximate surface area is 287 Å². The van der Waals surface area contributed by atoms with E-state index in [1.54, 1.807) is 11.3 Å². The number of unbranched alkanes of at least 4 members (excludes halogenated alkanes) is 1. The molecule has 7 nitrogen and oxygen atoms in total. The van der Waals surface area contributed by atoms with E-state index in [2.05, 4.69) is 50.6 Å². The summed E-state index contributed by atoms with van der Waals surface area (Å²) in [7, 11) is 2.29. The summed E-state index contributed by atoms with van der Waals surface area (Å²) in [5.74, 6) is 1.14. The molecule has 1 saturated carbocycles. The number of aryl methyl sites for hydroxylation is 2. The number of rotatable bonds is 12. The molecule has 2 aliphatic carbocycles. The third-order valence-corrected chi connectivity index (χ3v) is 13.3. The zero-order chi connectivity index (χ0) is 33.2. The van der Waals surface area contributed by atoms with Crippen LogP contribution in [0.15, 0.2) is 11.1 Å². The fourth-order valence-electron chi connectivity index (χ4n) is 8.92.